The minimum absolute atomic E-state index is 0.136. The van der Waals surface area contributed by atoms with Crippen LogP contribution in [0.15, 0.2) is 73.1 Å². The molecule has 0 unspecified atom stereocenters. The predicted molar refractivity (Wildman–Crippen MR) is 129 cm³/mol. The number of aliphatic hydroxyl groups excluding tert-OH is 1. The van der Waals surface area contributed by atoms with Crippen LogP contribution in [0.2, 0.25) is 0 Å². The lowest BCUT2D eigenvalue weighted by atomic mass is 9.99. The number of aliphatic hydroxyl groups is 1. The van der Waals surface area contributed by atoms with E-state index in [1.807, 2.05) is 53.3 Å². The Morgan fingerprint density at radius 3 is 2.62 bits per heavy atom. The molecule has 0 spiro atoms. The molecule has 0 atom stereocenters. The third-order valence-corrected chi connectivity index (χ3v) is 5.73. The molecule has 0 saturated carbocycles. The van der Waals surface area contributed by atoms with Crippen molar-refractivity contribution in [3.8, 4) is 33.6 Å². The SMILES string of the molecule is CCn1cc(-c2ccnc3[nH]c(-c4cccc(CCO)c4)cc23)c(-c2ccc(N)cc2)n1. The fourth-order valence-electron chi connectivity index (χ4n) is 4.08. The first-order chi connectivity index (χ1) is 15.7. The minimum atomic E-state index is 0.136. The lowest BCUT2D eigenvalue weighted by Gasteiger charge is -2.05. The first kappa shape index (κ1) is 20.0. The van der Waals surface area contributed by atoms with Crippen LogP contribution in [-0.2, 0) is 13.0 Å². The van der Waals surface area contributed by atoms with Crippen LogP contribution in [0, 0.1) is 0 Å². The highest BCUT2D eigenvalue weighted by atomic mass is 16.2. The standard InChI is InChI=1S/C26H25N5O/c1-2-31-16-23(25(30-31)18-6-8-20(27)9-7-18)21-10-12-28-26-22(21)15-24(29-26)19-5-3-4-17(14-19)11-13-32/h3-10,12,14-16,32H,2,11,13,27H2,1H3,(H,28,29). The average molecular weight is 424 g/mol. The smallest absolute Gasteiger partial charge is 0.138 e. The van der Waals surface area contributed by atoms with Crippen LogP contribution in [0.5, 0.6) is 0 Å². The van der Waals surface area contributed by atoms with E-state index < -0.39 is 0 Å². The number of aryl methyl sites for hydroxylation is 1. The van der Waals surface area contributed by atoms with Gasteiger partial charge in [0.15, 0.2) is 0 Å². The molecular weight excluding hydrogens is 398 g/mol. The fourth-order valence-corrected chi connectivity index (χ4v) is 4.08. The van der Waals surface area contributed by atoms with E-state index in [-0.39, 0.29) is 6.61 Å². The van der Waals surface area contributed by atoms with E-state index in [2.05, 4.69) is 41.3 Å². The lowest BCUT2D eigenvalue weighted by Crippen LogP contribution is -1.93. The molecular formula is C26H25N5O. The summed E-state index contributed by atoms with van der Waals surface area (Å²) in [5.74, 6) is 0. The number of hydrogen-bond acceptors (Lipinski definition) is 4. The molecule has 0 aliphatic rings. The van der Waals surface area contributed by atoms with Crippen molar-refractivity contribution in [3.63, 3.8) is 0 Å². The molecule has 5 aromatic rings. The summed E-state index contributed by atoms with van der Waals surface area (Å²) >= 11 is 0. The molecule has 160 valence electrons. The van der Waals surface area contributed by atoms with Crippen LogP contribution in [0.25, 0.3) is 44.7 Å². The van der Waals surface area contributed by atoms with Crippen LogP contribution < -0.4 is 5.73 Å². The molecule has 5 rings (SSSR count). The van der Waals surface area contributed by atoms with E-state index in [0.29, 0.717) is 6.42 Å². The van der Waals surface area contributed by atoms with Gasteiger partial charge in [0.1, 0.15) is 11.3 Å². The molecule has 0 saturated heterocycles. The quantitative estimate of drug-likeness (QED) is 0.339. The number of rotatable bonds is 6. The second-order valence-corrected chi connectivity index (χ2v) is 7.85. The van der Waals surface area contributed by atoms with Crippen molar-refractivity contribution in [2.75, 3.05) is 12.3 Å². The van der Waals surface area contributed by atoms with E-state index in [9.17, 15) is 5.11 Å². The Morgan fingerprint density at radius 1 is 1.00 bits per heavy atom. The number of hydrogen-bond donors (Lipinski definition) is 3. The second kappa shape index (κ2) is 8.32. The van der Waals surface area contributed by atoms with Gasteiger partial charge in [0.05, 0.1) is 0 Å². The molecule has 3 heterocycles. The van der Waals surface area contributed by atoms with Crippen LogP contribution in [0.1, 0.15) is 12.5 Å². The Balaban J connectivity index is 1.65. The Kier molecular flexibility index (Phi) is 5.21. The fraction of sp³-hybridized carbons (Fsp3) is 0.154. The van der Waals surface area contributed by atoms with Gasteiger partial charge in [-0.25, -0.2) is 4.98 Å². The minimum Gasteiger partial charge on any atom is -0.399 e. The molecule has 0 aliphatic heterocycles. The van der Waals surface area contributed by atoms with Gasteiger partial charge in [0.25, 0.3) is 0 Å². The molecule has 2 aromatic carbocycles. The Labute approximate surface area is 186 Å². The summed E-state index contributed by atoms with van der Waals surface area (Å²) in [6.07, 6.45) is 4.56. The first-order valence-corrected chi connectivity index (χ1v) is 10.8. The van der Waals surface area contributed by atoms with Gasteiger partial charge in [-0.1, -0.05) is 30.3 Å². The van der Waals surface area contributed by atoms with E-state index in [0.717, 1.165) is 62.5 Å². The Morgan fingerprint density at radius 2 is 1.84 bits per heavy atom. The summed E-state index contributed by atoms with van der Waals surface area (Å²) in [5, 5.41) is 15.2. The van der Waals surface area contributed by atoms with Crippen molar-refractivity contribution >= 4 is 16.7 Å². The third kappa shape index (κ3) is 3.65. The number of nitrogens with one attached hydrogen (secondary N) is 1. The van der Waals surface area contributed by atoms with Gasteiger partial charge >= 0.3 is 0 Å². The maximum absolute atomic E-state index is 9.28. The predicted octanol–water partition coefficient (Wildman–Crippen LogP) is 4.90. The van der Waals surface area contributed by atoms with Crippen molar-refractivity contribution in [3.05, 3.63) is 78.6 Å². The monoisotopic (exact) mass is 423 g/mol. The van der Waals surface area contributed by atoms with Crippen LogP contribution in [0.3, 0.4) is 0 Å². The molecule has 6 heteroatoms. The largest absolute Gasteiger partial charge is 0.399 e. The molecule has 0 fully saturated rings. The molecule has 0 aliphatic carbocycles. The zero-order valence-electron chi connectivity index (χ0n) is 17.9. The van der Waals surface area contributed by atoms with Gasteiger partial charge in [0.2, 0.25) is 0 Å². The molecule has 3 aromatic heterocycles. The molecule has 6 nitrogen and oxygen atoms in total. The van der Waals surface area contributed by atoms with Crippen LogP contribution >= 0.6 is 0 Å². The number of fused-ring (bicyclic) bond motifs is 1. The summed E-state index contributed by atoms with van der Waals surface area (Å²) in [4.78, 5) is 8.04. The highest BCUT2D eigenvalue weighted by molar-refractivity contribution is 5.99. The zero-order chi connectivity index (χ0) is 22.1. The van der Waals surface area contributed by atoms with Crippen molar-refractivity contribution < 1.29 is 5.11 Å². The number of nitrogen functional groups attached to an aromatic ring is 1. The molecule has 0 radical (unpaired) electrons. The summed E-state index contributed by atoms with van der Waals surface area (Å²) < 4.78 is 1.96. The molecule has 0 amide bonds. The highest BCUT2D eigenvalue weighted by Gasteiger charge is 2.17. The van der Waals surface area contributed by atoms with Gasteiger partial charge in [-0.3, -0.25) is 4.68 Å². The van der Waals surface area contributed by atoms with E-state index >= 15 is 0 Å². The van der Waals surface area contributed by atoms with E-state index in [4.69, 9.17) is 10.8 Å². The molecule has 4 N–H and O–H groups in total. The molecule has 0 bridgehead atoms. The number of aromatic nitrogens is 4. The number of aromatic amines is 1. The number of nitrogens with zero attached hydrogens (tertiary/aromatic N) is 3. The van der Waals surface area contributed by atoms with E-state index in [1.54, 1.807) is 0 Å². The van der Waals surface area contributed by atoms with Gasteiger partial charge in [0, 0.05) is 53.4 Å². The second-order valence-electron chi connectivity index (χ2n) is 7.85. The zero-order valence-corrected chi connectivity index (χ0v) is 17.9. The number of anilines is 1. The number of benzene rings is 2. The van der Waals surface area contributed by atoms with Gasteiger partial charge < -0.3 is 15.8 Å². The van der Waals surface area contributed by atoms with Crippen molar-refractivity contribution in [2.45, 2.75) is 19.9 Å². The van der Waals surface area contributed by atoms with Crippen LogP contribution in [-0.4, -0.2) is 31.5 Å². The summed E-state index contributed by atoms with van der Waals surface area (Å²) in [6.45, 7) is 3.00. The first-order valence-electron chi connectivity index (χ1n) is 10.8. The van der Waals surface area contributed by atoms with E-state index in [1.165, 1.54) is 0 Å². The maximum atomic E-state index is 9.28. The van der Waals surface area contributed by atoms with Gasteiger partial charge in [-0.15, -0.1) is 0 Å². The van der Waals surface area contributed by atoms with Gasteiger partial charge in [-0.05, 0) is 60.4 Å². The summed E-state index contributed by atoms with van der Waals surface area (Å²) in [6, 6.07) is 20.2. The number of pyridine rings is 1. The Hall–Kier alpha value is -3.90. The van der Waals surface area contributed by atoms with Crippen LogP contribution in [0.4, 0.5) is 5.69 Å². The lowest BCUT2D eigenvalue weighted by molar-refractivity contribution is 0.299. The van der Waals surface area contributed by atoms with Gasteiger partial charge in [-0.2, -0.15) is 5.10 Å². The number of nitrogens with two attached hydrogens (primary N) is 1. The third-order valence-electron chi connectivity index (χ3n) is 5.73. The van der Waals surface area contributed by atoms with Crippen molar-refractivity contribution in [1.29, 1.82) is 0 Å². The van der Waals surface area contributed by atoms with Crippen molar-refractivity contribution in [1.82, 2.24) is 19.7 Å². The highest BCUT2D eigenvalue weighted by Crippen LogP contribution is 2.37. The summed E-state index contributed by atoms with van der Waals surface area (Å²) in [7, 11) is 0. The summed E-state index contributed by atoms with van der Waals surface area (Å²) in [5.41, 5.74) is 14.7. The van der Waals surface area contributed by atoms with Crippen molar-refractivity contribution in [2.24, 2.45) is 0 Å². The normalized spacial score (nSPS) is 11.3. The number of H-pyrrole nitrogens is 1. The Bertz CT molecular complexity index is 1380. The topological polar surface area (TPSA) is 92.8 Å². The molecule has 32 heavy (non-hydrogen) atoms. The average Bonchev–Trinajstić information content (AvgIpc) is 3.44. The maximum Gasteiger partial charge on any atom is 0.138 e.